The molecule has 0 saturated heterocycles. The lowest BCUT2D eigenvalue weighted by atomic mass is 9.99. The van der Waals surface area contributed by atoms with Crippen LogP contribution >= 0.6 is 0 Å². The van der Waals surface area contributed by atoms with E-state index in [0.717, 1.165) is 32.4 Å². The van der Waals surface area contributed by atoms with Gasteiger partial charge in [-0.3, -0.25) is 4.68 Å². The van der Waals surface area contributed by atoms with Gasteiger partial charge in [-0.05, 0) is 64.1 Å². The Morgan fingerprint density at radius 1 is 1.15 bits per heavy atom. The molecule has 3 heteroatoms. The van der Waals surface area contributed by atoms with Gasteiger partial charge in [0, 0.05) is 5.69 Å². The number of nitrogens with one attached hydrogen (secondary N) is 1. The molecule has 0 bridgehead atoms. The molecule has 0 spiro atoms. The molecule has 1 aromatic rings. The largest absolute Gasteiger partial charge is 0.316 e. The summed E-state index contributed by atoms with van der Waals surface area (Å²) in [5, 5.41) is 8.32. The van der Waals surface area contributed by atoms with E-state index in [-0.39, 0.29) is 0 Å². The normalized spacial score (nSPS) is 13.2. The van der Waals surface area contributed by atoms with Crippen LogP contribution in [0.25, 0.3) is 0 Å². The lowest BCUT2D eigenvalue weighted by Crippen LogP contribution is -2.23. The van der Waals surface area contributed by atoms with Crippen LogP contribution in [-0.4, -0.2) is 22.9 Å². The maximum absolute atomic E-state index is 4.80. The highest BCUT2D eigenvalue weighted by Crippen LogP contribution is 2.23. The van der Waals surface area contributed by atoms with Crippen molar-refractivity contribution < 1.29 is 0 Å². The van der Waals surface area contributed by atoms with Gasteiger partial charge in [0.05, 0.1) is 11.7 Å². The van der Waals surface area contributed by atoms with Gasteiger partial charge < -0.3 is 5.32 Å². The molecular formula is C17H33N3. The molecule has 1 N–H and O–H groups in total. The molecule has 20 heavy (non-hydrogen) atoms. The summed E-state index contributed by atoms with van der Waals surface area (Å²) < 4.78 is 2.26. The highest BCUT2D eigenvalue weighted by molar-refractivity contribution is 5.25. The van der Waals surface area contributed by atoms with Crippen LogP contribution in [0, 0.1) is 19.8 Å². The summed E-state index contributed by atoms with van der Waals surface area (Å²) in [6.45, 7) is 15.7. The molecule has 1 unspecified atom stereocenters. The van der Waals surface area contributed by atoms with Gasteiger partial charge in [-0.2, -0.15) is 5.10 Å². The zero-order chi connectivity index (χ0) is 15.1. The van der Waals surface area contributed by atoms with Crippen molar-refractivity contribution in [1.29, 1.82) is 0 Å². The Labute approximate surface area is 125 Å². The van der Waals surface area contributed by atoms with Gasteiger partial charge in [-0.25, -0.2) is 0 Å². The van der Waals surface area contributed by atoms with Gasteiger partial charge in [-0.15, -0.1) is 0 Å². The van der Waals surface area contributed by atoms with Gasteiger partial charge >= 0.3 is 0 Å². The van der Waals surface area contributed by atoms with Crippen LogP contribution in [0.4, 0.5) is 0 Å². The third-order valence-electron chi connectivity index (χ3n) is 4.24. The quantitative estimate of drug-likeness (QED) is 0.691. The molecule has 1 rings (SSSR count). The fourth-order valence-electron chi connectivity index (χ4n) is 2.93. The second-order valence-corrected chi connectivity index (χ2v) is 6.08. The fraction of sp³-hybridized carbons (Fsp3) is 0.824. The maximum atomic E-state index is 4.80. The highest BCUT2D eigenvalue weighted by Gasteiger charge is 2.17. The van der Waals surface area contributed by atoms with Crippen LogP contribution in [-0.2, 0) is 6.42 Å². The minimum Gasteiger partial charge on any atom is -0.316 e. The Bertz CT molecular complexity index is 391. The first kappa shape index (κ1) is 17.2. The first-order valence-electron chi connectivity index (χ1n) is 8.30. The zero-order valence-corrected chi connectivity index (χ0v) is 14.3. The summed E-state index contributed by atoms with van der Waals surface area (Å²) in [5.41, 5.74) is 4.05. The third-order valence-corrected chi connectivity index (χ3v) is 4.24. The number of nitrogens with zero attached hydrogens (tertiary/aromatic N) is 2. The summed E-state index contributed by atoms with van der Waals surface area (Å²) in [7, 11) is 0. The minimum atomic E-state index is 0.552. The van der Waals surface area contributed by atoms with E-state index in [9.17, 15) is 0 Å². The Hall–Kier alpha value is -0.830. The van der Waals surface area contributed by atoms with E-state index >= 15 is 0 Å². The van der Waals surface area contributed by atoms with Gasteiger partial charge in [-0.1, -0.05) is 27.7 Å². The molecule has 0 aliphatic heterocycles. The van der Waals surface area contributed by atoms with Gasteiger partial charge in [0.15, 0.2) is 0 Å². The van der Waals surface area contributed by atoms with Crippen LogP contribution in [0.2, 0.25) is 0 Å². The van der Waals surface area contributed by atoms with Crippen molar-refractivity contribution in [2.45, 2.75) is 73.3 Å². The molecule has 0 aliphatic carbocycles. The first-order chi connectivity index (χ1) is 9.54. The zero-order valence-electron chi connectivity index (χ0n) is 14.3. The van der Waals surface area contributed by atoms with Crippen molar-refractivity contribution in [2.75, 3.05) is 13.1 Å². The molecule has 0 amide bonds. The van der Waals surface area contributed by atoms with Gasteiger partial charge in [0.25, 0.3) is 0 Å². The van der Waals surface area contributed by atoms with E-state index in [1.807, 2.05) is 0 Å². The van der Waals surface area contributed by atoms with Crippen molar-refractivity contribution in [1.82, 2.24) is 15.1 Å². The molecule has 0 aliphatic rings. The Morgan fingerprint density at radius 3 is 2.35 bits per heavy atom. The maximum Gasteiger partial charge on any atom is 0.0628 e. The average Bonchev–Trinajstić information content (AvgIpc) is 2.69. The topological polar surface area (TPSA) is 29.9 Å². The van der Waals surface area contributed by atoms with E-state index in [1.165, 1.54) is 23.4 Å². The molecule has 0 aromatic carbocycles. The average molecular weight is 279 g/mol. The number of aryl methyl sites for hydroxylation is 1. The smallest absolute Gasteiger partial charge is 0.0628 e. The van der Waals surface area contributed by atoms with E-state index in [4.69, 9.17) is 5.10 Å². The van der Waals surface area contributed by atoms with Crippen LogP contribution < -0.4 is 5.32 Å². The summed E-state index contributed by atoms with van der Waals surface area (Å²) in [5.74, 6) is 0.665. The second-order valence-electron chi connectivity index (χ2n) is 6.08. The number of rotatable bonds is 9. The van der Waals surface area contributed by atoms with Crippen molar-refractivity contribution in [3.63, 3.8) is 0 Å². The number of hydrogen-bond donors (Lipinski definition) is 1. The van der Waals surface area contributed by atoms with Crippen molar-refractivity contribution in [3.05, 3.63) is 17.0 Å². The first-order valence-corrected chi connectivity index (χ1v) is 8.30. The molecular weight excluding hydrogens is 246 g/mol. The SMILES string of the molecule is CCCNCC(C)Cc1c(C)nn(C(CC)CC)c1C. The number of hydrogen-bond acceptors (Lipinski definition) is 2. The molecule has 0 radical (unpaired) electrons. The fourth-order valence-corrected chi connectivity index (χ4v) is 2.93. The van der Waals surface area contributed by atoms with E-state index < -0.39 is 0 Å². The summed E-state index contributed by atoms with van der Waals surface area (Å²) in [6.07, 6.45) is 4.66. The Kier molecular flexibility index (Phi) is 7.28. The monoisotopic (exact) mass is 279 g/mol. The van der Waals surface area contributed by atoms with Crippen LogP contribution in [0.15, 0.2) is 0 Å². The van der Waals surface area contributed by atoms with E-state index in [0.29, 0.717) is 12.0 Å². The van der Waals surface area contributed by atoms with Gasteiger partial charge in [0.2, 0.25) is 0 Å². The Balaban J connectivity index is 2.75. The summed E-state index contributed by atoms with van der Waals surface area (Å²) >= 11 is 0. The van der Waals surface area contributed by atoms with Crippen molar-refractivity contribution >= 4 is 0 Å². The van der Waals surface area contributed by atoms with Crippen LogP contribution in [0.1, 0.15) is 70.0 Å². The highest BCUT2D eigenvalue weighted by atomic mass is 15.3. The number of aromatic nitrogens is 2. The van der Waals surface area contributed by atoms with Crippen LogP contribution in [0.3, 0.4) is 0 Å². The molecule has 0 fully saturated rings. The molecule has 116 valence electrons. The standard InChI is InChI=1S/C17H33N3/c1-7-10-18-12-13(4)11-17-14(5)19-20(15(17)6)16(8-2)9-3/h13,16,18H,7-12H2,1-6H3. The van der Waals surface area contributed by atoms with Gasteiger partial charge in [0.1, 0.15) is 0 Å². The predicted octanol–water partition coefficient (Wildman–Crippen LogP) is 4.04. The molecule has 1 heterocycles. The van der Waals surface area contributed by atoms with E-state index in [1.54, 1.807) is 0 Å². The summed E-state index contributed by atoms with van der Waals surface area (Å²) in [4.78, 5) is 0. The molecule has 1 aromatic heterocycles. The summed E-state index contributed by atoms with van der Waals surface area (Å²) in [6, 6.07) is 0.552. The molecule has 0 saturated carbocycles. The predicted molar refractivity (Wildman–Crippen MR) is 87.3 cm³/mol. The van der Waals surface area contributed by atoms with Crippen molar-refractivity contribution in [3.8, 4) is 0 Å². The second kappa shape index (κ2) is 8.46. The lowest BCUT2D eigenvalue weighted by Gasteiger charge is -2.16. The van der Waals surface area contributed by atoms with Crippen LogP contribution in [0.5, 0.6) is 0 Å². The molecule has 1 atom stereocenters. The Morgan fingerprint density at radius 2 is 1.80 bits per heavy atom. The molecule has 3 nitrogen and oxygen atoms in total. The third kappa shape index (κ3) is 4.34. The van der Waals surface area contributed by atoms with E-state index in [2.05, 4.69) is 51.5 Å². The lowest BCUT2D eigenvalue weighted by molar-refractivity contribution is 0.417. The van der Waals surface area contributed by atoms with Crippen molar-refractivity contribution in [2.24, 2.45) is 5.92 Å². The minimum absolute atomic E-state index is 0.552.